The van der Waals surface area contributed by atoms with Crippen molar-refractivity contribution in [2.45, 2.75) is 6.92 Å². The van der Waals surface area contributed by atoms with Gasteiger partial charge in [0.15, 0.2) is 11.6 Å². The van der Waals surface area contributed by atoms with Crippen molar-refractivity contribution in [1.29, 1.82) is 5.41 Å². The molecular weight excluding hydrogens is 446 g/mol. The molecule has 1 fully saturated rings. The monoisotopic (exact) mass is 468 g/mol. The Bertz CT molecular complexity index is 1250. The lowest BCUT2D eigenvalue weighted by molar-refractivity contribution is 0.0302. The molecule has 1 amide bonds. The second-order valence-corrected chi connectivity index (χ2v) is 7.55. The van der Waals surface area contributed by atoms with E-state index in [1.165, 1.54) is 31.2 Å². The molecule has 8 nitrogen and oxygen atoms in total. The number of nitrogens with two attached hydrogens (primary N) is 1. The number of nitrogens with zero attached hydrogens (tertiary/aromatic N) is 2. The maximum Gasteiger partial charge on any atom is 0.259 e. The van der Waals surface area contributed by atoms with Crippen molar-refractivity contribution in [2.24, 2.45) is 5.73 Å². The highest BCUT2D eigenvalue weighted by molar-refractivity contribution is 5.95. The number of nitrogen functional groups attached to an aromatic ring is 1. The number of rotatable bonds is 6. The SMILES string of the molecule is Cc1c(F)c(Oc2cccc(C(=N)N)c2)nc(Oc2cccc(C(=O)N3CCOCC3)c2)c1F. The molecule has 0 bridgehead atoms. The van der Waals surface area contributed by atoms with Crippen LogP contribution in [0.5, 0.6) is 23.3 Å². The smallest absolute Gasteiger partial charge is 0.259 e. The molecule has 0 atom stereocenters. The minimum atomic E-state index is -0.993. The van der Waals surface area contributed by atoms with Crippen LogP contribution in [-0.4, -0.2) is 47.9 Å². The van der Waals surface area contributed by atoms with Crippen molar-refractivity contribution in [3.63, 3.8) is 0 Å². The van der Waals surface area contributed by atoms with Gasteiger partial charge < -0.3 is 24.8 Å². The van der Waals surface area contributed by atoms with Crippen LogP contribution in [0.3, 0.4) is 0 Å². The summed E-state index contributed by atoms with van der Waals surface area (Å²) >= 11 is 0. The summed E-state index contributed by atoms with van der Waals surface area (Å²) in [6.07, 6.45) is 0. The van der Waals surface area contributed by atoms with Crippen molar-refractivity contribution in [1.82, 2.24) is 9.88 Å². The number of morpholine rings is 1. The molecule has 0 unspecified atom stereocenters. The lowest BCUT2D eigenvalue weighted by Crippen LogP contribution is -2.40. The third kappa shape index (κ3) is 4.96. The van der Waals surface area contributed by atoms with Gasteiger partial charge in [-0.3, -0.25) is 10.2 Å². The molecule has 0 spiro atoms. The Balaban J connectivity index is 1.60. The first kappa shape index (κ1) is 23.1. The van der Waals surface area contributed by atoms with Crippen molar-refractivity contribution < 1.29 is 27.8 Å². The molecule has 3 aromatic rings. The van der Waals surface area contributed by atoms with E-state index >= 15 is 0 Å². The van der Waals surface area contributed by atoms with E-state index in [0.717, 1.165) is 0 Å². The van der Waals surface area contributed by atoms with E-state index in [2.05, 4.69) is 4.98 Å². The number of carbonyl (C=O) groups is 1. The molecule has 2 heterocycles. The van der Waals surface area contributed by atoms with Gasteiger partial charge in [0.05, 0.1) is 13.2 Å². The number of aromatic nitrogens is 1. The molecule has 34 heavy (non-hydrogen) atoms. The fraction of sp³-hybridized carbons (Fsp3) is 0.208. The van der Waals surface area contributed by atoms with E-state index in [-0.39, 0.29) is 28.8 Å². The number of nitrogens with one attached hydrogen (secondary N) is 1. The van der Waals surface area contributed by atoms with Crippen LogP contribution in [0.4, 0.5) is 8.78 Å². The van der Waals surface area contributed by atoms with Gasteiger partial charge in [0, 0.05) is 29.8 Å². The van der Waals surface area contributed by atoms with Crippen LogP contribution >= 0.6 is 0 Å². The topological polar surface area (TPSA) is 111 Å². The third-order valence-electron chi connectivity index (χ3n) is 5.19. The summed E-state index contributed by atoms with van der Waals surface area (Å²) in [5.41, 5.74) is 5.86. The van der Waals surface area contributed by atoms with Crippen LogP contribution in [0, 0.1) is 24.0 Å². The zero-order chi connectivity index (χ0) is 24.2. The van der Waals surface area contributed by atoms with Gasteiger partial charge in [-0.05, 0) is 37.3 Å². The number of hydrogen-bond acceptors (Lipinski definition) is 6. The van der Waals surface area contributed by atoms with Crippen LogP contribution < -0.4 is 15.2 Å². The first-order valence-corrected chi connectivity index (χ1v) is 10.5. The molecule has 2 aromatic carbocycles. The molecular formula is C24H22F2N4O4. The van der Waals surface area contributed by atoms with Crippen LogP contribution in [0.2, 0.25) is 0 Å². The van der Waals surface area contributed by atoms with E-state index in [0.29, 0.717) is 37.4 Å². The number of carbonyl (C=O) groups excluding carboxylic acids is 1. The summed E-state index contributed by atoms with van der Waals surface area (Å²) in [4.78, 5) is 18.3. The molecule has 0 saturated carbocycles. The van der Waals surface area contributed by atoms with Gasteiger partial charge in [0.25, 0.3) is 17.7 Å². The number of hydrogen-bond donors (Lipinski definition) is 2. The maximum absolute atomic E-state index is 14.8. The lowest BCUT2D eigenvalue weighted by atomic mass is 10.2. The fourth-order valence-electron chi connectivity index (χ4n) is 3.33. The van der Waals surface area contributed by atoms with E-state index < -0.39 is 23.4 Å². The second-order valence-electron chi connectivity index (χ2n) is 7.55. The van der Waals surface area contributed by atoms with Gasteiger partial charge in [0.1, 0.15) is 17.3 Å². The number of benzene rings is 2. The maximum atomic E-state index is 14.8. The van der Waals surface area contributed by atoms with Crippen molar-refractivity contribution in [3.05, 3.63) is 76.9 Å². The van der Waals surface area contributed by atoms with Crippen LogP contribution in [-0.2, 0) is 4.74 Å². The Hall–Kier alpha value is -4.05. The van der Waals surface area contributed by atoms with Crippen LogP contribution in [0.25, 0.3) is 0 Å². The zero-order valence-corrected chi connectivity index (χ0v) is 18.3. The summed E-state index contributed by atoms with van der Waals surface area (Å²) in [5.74, 6) is -3.07. The third-order valence-corrected chi connectivity index (χ3v) is 5.19. The van der Waals surface area contributed by atoms with E-state index in [1.54, 1.807) is 29.2 Å². The molecule has 1 aliphatic heterocycles. The number of amides is 1. The molecule has 10 heteroatoms. The number of pyridine rings is 1. The first-order chi connectivity index (χ1) is 16.3. The predicted octanol–water partition coefficient (Wildman–Crippen LogP) is 4.01. The van der Waals surface area contributed by atoms with Gasteiger partial charge >= 0.3 is 0 Å². The molecule has 0 aliphatic carbocycles. The van der Waals surface area contributed by atoms with Gasteiger partial charge in [-0.1, -0.05) is 18.2 Å². The number of amidine groups is 1. The predicted molar refractivity (Wildman–Crippen MR) is 120 cm³/mol. The Morgan fingerprint density at radius 3 is 2.09 bits per heavy atom. The standard InChI is InChI=1S/C24H22F2N4O4/c1-14-19(25)22(33-17-6-2-4-15(12-17)21(27)28)29-23(20(14)26)34-18-7-3-5-16(13-18)24(31)30-8-10-32-11-9-30/h2-7,12-13H,8-11H2,1H3,(H3,27,28). The minimum Gasteiger partial charge on any atom is -0.436 e. The Morgan fingerprint density at radius 1 is 1.00 bits per heavy atom. The second kappa shape index (κ2) is 9.84. The highest BCUT2D eigenvalue weighted by atomic mass is 19.1. The summed E-state index contributed by atoms with van der Waals surface area (Å²) in [6, 6.07) is 12.4. The van der Waals surface area contributed by atoms with Gasteiger partial charge in [-0.2, -0.15) is 4.98 Å². The number of halogens is 2. The summed E-state index contributed by atoms with van der Waals surface area (Å²) in [5, 5.41) is 7.52. The average Bonchev–Trinajstić information content (AvgIpc) is 2.86. The Morgan fingerprint density at radius 2 is 1.53 bits per heavy atom. The summed E-state index contributed by atoms with van der Waals surface area (Å²) < 4.78 is 45.8. The Labute approximate surface area is 194 Å². The zero-order valence-electron chi connectivity index (χ0n) is 18.3. The van der Waals surface area contributed by atoms with Gasteiger partial charge in [0.2, 0.25) is 0 Å². The molecule has 1 aromatic heterocycles. The molecule has 176 valence electrons. The quantitative estimate of drug-likeness (QED) is 0.418. The average molecular weight is 468 g/mol. The normalized spacial score (nSPS) is 13.4. The fourth-order valence-corrected chi connectivity index (χ4v) is 3.33. The van der Waals surface area contributed by atoms with Gasteiger partial charge in [-0.25, -0.2) is 8.78 Å². The summed E-state index contributed by atoms with van der Waals surface area (Å²) in [7, 11) is 0. The van der Waals surface area contributed by atoms with E-state index in [9.17, 15) is 13.6 Å². The summed E-state index contributed by atoms with van der Waals surface area (Å²) in [6.45, 7) is 3.11. The first-order valence-electron chi connectivity index (χ1n) is 10.5. The lowest BCUT2D eigenvalue weighted by Gasteiger charge is -2.26. The van der Waals surface area contributed by atoms with Crippen molar-refractivity contribution >= 4 is 11.7 Å². The highest BCUT2D eigenvalue weighted by Gasteiger charge is 2.22. The molecule has 3 N–H and O–H groups in total. The number of ether oxygens (including phenoxy) is 3. The Kier molecular flexibility index (Phi) is 6.69. The molecule has 1 saturated heterocycles. The van der Waals surface area contributed by atoms with Crippen molar-refractivity contribution in [3.8, 4) is 23.3 Å². The highest BCUT2D eigenvalue weighted by Crippen LogP contribution is 2.33. The minimum absolute atomic E-state index is 0.154. The van der Waals surface area contributed by atoms with Crippen LogP contribution in [0.1, 0.15) is 21.5 Å². The van der Waals surface area contributed by atoms with E-state index in [1.807, 2.05) is 0 Å². The largest absolute Gasteiger partial charge is 0.436 e. The van der Waals surface area contributed by atoms with Crippen LogP contribution in [0.15, 0.2) is 48.5 Å². The van der Waals surface area contributed by atoms with Crippen molar-refractivity contribution in [2.75, 3.05) is 26.3 Å². The molecule has 4 rings (SSSR count). The molecule has 0 radical (unpaired) electrons. The van der Waals surface area contributed by atoms with Gasteiger partial charge in [-0.15, -0.1) is 0 Å². The van der Waals surface area contributed by atoms with E-state index in [4.69, 9.17) is 25.4 Å². The molecule has 1 aliphatic rings.